The number of rotatable bonds is 1. The highest BCUT2D eigenvalue weighted by Crippen LogP contribution is 2.44. The van der Waals surface area contributed by atoms with Gasteiger partial charge in [0.25, 0.3) is 0 Å². The summed E-state index contributed by atoms with van der Waals surface area (Å²) in [4.78, 5) is 2.73. The first-order valence-corrected chi connectivity index (χ1v) is 6.84. The van der Waals surface area contributed by atoms with Gasteiger partial charge in [0.05, 0.1) is 11.3 Å². The molecule has 0 N–H and O–H groups in total. The Kier molecular flexibility index (Phi) is 2.54. The van der Waals surface area contributed by atoms with Crippen molar-refractivity contribution in [1.82, 2.24) is 0 Å². The zero-order chi connectivity index (χ0) is 11.1. The molecule has 0 unspecified atom stereocenters. The minimum Gasteiger partial charge on any atom is -0.223 e. The average molecular weight is 243 g/mol. The van der Waals surface area contributed by atoms with Crippen LogP contribution in [0.15, 0.2) is 26.4 Å². The highest BCUT2D eigenvalue weighted by molar-refractivity contribution is 8.20. The van der Waals surface area contributed by atoms with E-state index in [9.17, 15) is 8.42 Å². The van der Waals surface area contributed by atoms with Crippen LogP contribution in [0.1, 0.15) is 13.3 Å². The fourth-order valence-electron chi connectivity index (χ4n) is 1.71. The standard InChI is InChI=1S/C8H9N3O2S2/c1-5-4-6-7(10-11-9)2-3-14-8(6)15(5,12)13/h2-3,5,7H,4H2,1H3/t5-,7-/m0/s1. The van der Waals surface area contributed by atoms with Crippen LogP contribution in [0.5, 0.6) is 0 Å². The van der Waals surface area contributed by atoms with Crippen LogP contribution in [-0.2, 0) is 9.84 Å². The van der Waals surface area contributed by atoms with Gasteiger partial charge >= 0.3 is 0 Å². The molecule has 2 heterocycles. The van der Waals surface area contributed by atoms with Crippen LogP contribution in [0.2, 0.25) is 0 Å². The van der Waals surface area contributed by atoms with Crippen LogP contribution in [0.3, 0.4) is 0 Å². The predicted molar refractivity (Wildman–Crippen MR) is 59.7 cm³/mol. The third-order valence-electron chi connectivity index (χ3n) is 2.53. The Balaban J connectivity index is 2.50. The van der Waals surface area contributed by atoms with Gasteiger partial charge in [0, 0.05) is 4.91 Å². The van der Waals surface area contributed by atoms with Gasteiger partial charge in [0.2, 0.25) is 0 Å². The van der Waals surface area contributed by atoms with Gasteiger partial charge in [-0.3, -0.25) is 0 Å². The van der Waals surface area contributed by atoms with E-state index in [1.807, 2.05) is 0 Å². The molecule has 2 aliphatic heterocycles. The Morgan fingerprint density at radius 2 is 2.40 bits per heavy atom. The number of nitrogens with zero attached hydrogens (tertiary/aromatic N) is 3. The molecule has 7 heteroatoms. The van der Waals surface area contributed by atoms with E-state index in [1.54, 1.807) is 18.4 Å². The van der Waals surface area contributed by atoms with Crippen molar-refractivity contribution < 1.29 is 8.42 Å². The van der Waals surface area contributed by atoms with E-state index in [4.69, 9.17) is 5.53 Å². The summed E-state index contributed by atoms with van der Waals surface area (Å²) in [6.07, 6.45) is 2.20. The molecule has 0 radical (unpaired) electrons. The molecule has 0 aromatic heterocycles. The lowest BCUT2D eigenvalue weighted by atomic mass is 10.1. The molecule has 0 amide bonds. The number of sulfone groups is 1. The van der Waals surface area contributed by atoms with E-state index in [1.165, 1.54) is 11.8 Å². The topological polar surface area (TPSA) is 82.9 Å². The minimum absolute atomic E-state index is 0.384. The van der Waals surface area contributed by atoms with Gasteiger partial charge in [-0.15, -0.1) is 0 Å². The predicted octanol–water partition coefficient (Wildman–Crippen LogP) is 2.34. The molecule has 0 saturated carbocycles. The fourth-order valence-corrected chi connectivity index (χ4v) is 4.94. The smallest absolute Gasteiger partial charge is 0.187 e. The van der Waals surface area contributed by atoms with Crippen molar-refractivity contribution in [1.29, 1.82) is 0 Å². The zero-order valence-corrected chi connectivity index (χ0v) is 9.62. The molecular weight excluding hydrogens is 234 g/mol. The summed E-state index contributed by atoms with van der Waals surface area (Å²) >= 11 is 1.20. The summed E-state index contributed by atoms with van der Waals surface area (Å²) in [6, 6.07) is -0.425. The average Bonchev–Trinajstić information content (AvgIpc) is 2.41. The van der Waals surface area contributed by atoms with Gasteiger partial charge in [-0.1, -0.05) is 23.0 Å². The van der Waals surface area contributed by atoms with E-state index in [2.05, 4.69) is 10.0 Å². The molecule has 80 valence electrons. The van der Waals surface area contributed by atoms with Gasteiger partial charge in [-0.2, -0.15) is 0 Å². The lowest BCUT2D eigenvalue weighted by molar-refractivity contribution is 0.595. The van der Waals surface area contributed by atoms with Crippen molar-refractivity contribution in [2.75, 3.05) is 0 Å². The van der Waals surface area contributed by atoms with Crippen LogP contribution in [-0.4, -0.2) is 19.7 Å². The van der Waals surface area contributed by atoms with Gasteiger partial charge in [-0.25, -0.2) is 8.42 Å². The number of hydrogen-bond donors (Lipinski definition) is 0. The first-order valence-electron chi connectivity index (χ1n) is 4.42. The Morgan fingerprint density at radius 3 is 3.07 bits per heavy atom. The maximum Gasteiger partial charge on any atom is 0.187 e. The molecule has 5 nitrogen and oxygen atoms in total. The van der Waals surface area contributed by atoms with Crippen molar-refractivity contribution in [3.8, 4) is 0 Å². The van der Waals surface area contributed by atoms with E-state index >= 15 is 0 Å². The Hall–Kier alpha value is -0.910. The highest BCUT2D eigenvalue weighted by Gasteiger charge is 2.39. The van der Waals surface area contributed by atoms with Gasteiger partial charge in [-0.05, 0) is 29.9 Å². The maximum atomic E-state index is 11.8. The quantitative estimate of drug-likeness (QED) is 0.402. The Bertz CT molecular complexity index is 500. The summed E-state index contributed by atoms with van der Waals surface area (Å²) in [5.74, 6) is 0. The Morgan fingerprint density at radius 1 is 1.67 bits per heavy atom. The lowest BCUT2D eigenvalue weighted by Crippen LogP contribution is -2.10. The summed E-state index contributed by atoms with van der Waals surface area (Å²) in [6.45, 7) is 1.68. The first kappa shape index (κ1) is 10.6. The molecule has 2 aliphatic rings. The fraction of sp³-hybridized carbons (Fsp3) is 0.500. The molecule has 0 bridgehead atoms. The molecule has 2 atom stereocenters. The number of thioether (sulfide) groups is 1. The molecular formula is C8H9N3O2S2. The zero-order valence-electron chi connectivity index (χ0n) is 7.99. The molecule has 0 aromatic rings. The van der Waals surface area contributed by atoms with Crippen molar-refractivity contribution >= 4 is 21.6 Å². The maximum absolute atomic E-state index is 11.8. The minimum atomic E-state index is -3.17. The number of azide groups is 1. The monoisotopic (exact) mass is 243 g/mol. The van der Waals surface area contributed by atoms with Crippen LogP contribution in [0, 0.1) is 0 Å². The third-order valence-corrected chi connectivity index (χ3v) is 6.29. The second-order valence-corrected chi connectivity index (χ2v) is 6.95. The van der Waals surface area contributed by atoms with E-state index < -0.39 is 21.1 Å². The van der Waals surface area contributed by atoms with E-state index in [0.29, 0.717) is 10.7 Å². The second kappa shape index (κ2) is 3.59. The van der Waals surface area contributed by atoms with Gasteiger partial charge in [0.15, 0.2) is 9.84 Å². The third kappa shape index (κ3) is 1.56. The van der Waals surface area contributed by atoms with Gasteiger partial charge in [0.1, 0.15) is 4.24 Å². The molecule has 15 heavy (non-hydrogen) atoms. The van der Waals surface area contributed by atoms with Crippen LogP contribution < -0.4 is 0 Å². The Labute approximate surface area is 91.8 Å². The van der Waals surface area contributed by atoms with Gasteiger partial charge < -0.3 is 0 Å². The number of hydrogen-bond acceptors (Lipinski definition) is 4. The summed E-state index contributed by atoms with van der Waals surface area (Å²) in [5.41, 5.74) is 9.12. The van der Waals surface area contributed by atoms with E-state index in [-0.39, 0.29) is 0 Å². The van der Waals surface area contributed by atoms with Crippen molar-refractivity contribution in [3.63, 3.8) is 0 Å². The first-order chi connectivity index (χ1) is 7.07. The molecule has 0 aromatic carbocycles. The van der Waals surface area contributed by atoms with E-state index in [0.717, 1.165) is 5.57 Å². The highest BCUT2D eigenvalue weighted by atomic mass is 32.3. The summed E-state index contributed by atoms with van der Waals surface area (Å²) in [7, 11) is -3.17. The largest absolute Gasteiger partial charge is 0.223 e. The molecule has 0 aliphatic carbocycles. The molecule has 0 fully saturated rings. The molecule has 0 spiro atoms. The lowest BCUT2D eigenvalue weighted by Gasteiger charge is -2.12. The molecule has 2 rings (SSSR count). The second-order valence-electron chi connectivity index (χ2n) is 3.47. The van der Waals surface area contributed by atoms with Crippen LogP contribution in [0.25, 0.3) is 10.4 Å². The van der Waals surface area contributed by atoms with Crippen molar-refractivity contribution in [2.24, 2.45) is 5.11 Å². The van der Waals surface area contributed by atoms with Crippen LogP contribution in [0.4, 0.5) is 0 Å². The summed E-state index contributed by atoms with van der Waals surface area (Å²) < 4.78 is 24.0. The van der Waals surface area contributed by atoms with Crippen LogP contribution >= 0.6 is 11.8 Å². The normalized spacial score (nSPS) is 32.3. The molecule has 0 saturated heterocycles. The SMILES string of the molecule is C[C@H]1CC2=C(SC=C[C@@H]2N=[N+]=[N-])S1(=O)=O. The van der Waals surface area contributed by atoms with Crippen molar-refractivity contribution in [3.05, 3.63) is 31.7 Å². The summed E-state index contributed by atoms with van der Waals surface area (Å²) in [5, 5.41) is 4.86. The van der Waals surface area contributed by atoms with Crippen molar-refractivity contribution in [2.45, 2.75) is 24.6 Å².